The lowest BCUT2D eigenvalue weighted by Gasteiger charge is -2.22. The summed E-state index contributed by atoms with van der Waals surface area (Å²) in [6.07, 6.45) is 0. The monoisotopic (exact) mass is 392 g/mol. The van der Waals surface area contributed by atoms with E-state index in [0.717, 1.165) is 0 Å². The average Bonchev–Trinajstić information content (AvgIpc) is 3.11. The first-order chi connectivity index (χ1) is 14.0. The predicted octanol–water partition coefficient (Wildman–Crippen LogP) is 8.69. The Morgan fingerprint density at radius 2 is 1.17 bits per heavy atom. The minimum absolute atomic E-state index is 0.0985. The summed E-state index contributed by atoms with van der Waals surface area (Å²) in [7, 11) is 0. The van der Waals surface area contributed by atoms with Gasteiger partial charge in [-0.15, -0.1) is 11.3 Å². The number of benzene rings is 4. The molecule has 0 aliphatic carbocycles. The second-order valence-corrected chi connectivity index (χ2v) is 9.81. The molecule has 0 aliphatic heterocycles. The molecule has 1 aromatic heterocycles. The molecule has 0 atom stereocenters. The van der Waals surface area contributed by atoms with Crippen LogP contribution in [0.25, 0.3) is 42.4 Å². The third-order valence-electron chi connectivity index (χ3n) is 5.62. The van der Waals surface area contributed by atoms with Gasteiger partial charge in [-0.05, 0) is 51.4 Å². The van der Waals surface area contributed by atoms with E-state index in [1.165, 1.54) is 48.0 Å². The van der Waals surface area contributed by atoms with Crippen molar-refractivity contribution in [3.05, 3.63) is 96.6 Å². The molecular formula is C28H24S. The molecule has 0 spiro atoms. The van der Waals surface area contributed by atoms with E-state index in [-0.39, 0.29) is 5.41 Å². The largest absolute Gasteiger partial charge is 0.135 e. The average molecular weight is 393 g/mol. The first-order valence-corrected chi connectivity index (χ1v) is 10.9. The molecule has 0 bridgehead atoms. The summed E-state index contributed by atoms with van der Waals surface area (Å²) in [6.45, 7) is 6.86. The van der Waals surface area contributed by atoms with Gasteiger partial charge in [0.25, 0.3) is 0 Å². The van der Waals surface area contributed by atoms with Crippen LogP contribution in [0.4, 0.5) is 0 Å². The fraction of sp³-hybridized carbons (Fsp3) is 0.143. The summed E-state index contributed by atoms with van der Waals surface area (Å²) in [5.41, 5.74) is 6.59. The summed E-state index contributed by atoms with van der Waals surface area (Å²) in [5.74, 6) is 0. The molecule has 0 saturated heterocycles. The van der Waals surface area contributed by atoms with Crippen molar-refractivity contribution in [2.24, 2.45) is 0 Å². The van der Waals surface area contributed by atoms with E-state index >= 15 is 0 Å². The van der Waals surface area contributed by atoms with E-state index in [1.807, 2.05) is 11.3 Å². The Bertz CT molecular complexity index is 1320. The van der Waals surface area contributed by atoms with Gasteiger partial charge in [0.2, 0.25) is 0 Å². The third-order valence-corrected chi connectivity index (χ3v) is 6.75. The van der Waals surface area contributed by atoms with E-state index in [2.05, 4.69) is 112 Å². The zero-order valence-corrected chi connectivity index (χ0v) is 17.9. The lowest BCUT2D eigenvalue weighted by atomic mass is 9.83. The summed E-state index contributed by atoms with van der Waals surface area (Å²) >= 11 is 1.88. The fourth-order valence-corrected chi connectivity index (χ4v) is 5.08. The van der Waals surface area contributed by atoms with Crippen LogP contribution in [-0.2, 0) is 5.41 Å². The van der Waals surface area contributed by atoms with Crippen molar-refractivity contribution in [2.45, 2.75) is 26.2 Å². The topological polar surface area (TPSA) is 0 Å². The van der Waals surface area contributed by atoms with Gasteiger partial charge in [-0.1, -0.05) is 93.6 Å². The Kier molecular flexibility index (Phi) is 4.29. The van der Waals surface area contributed by atoms with E-state index in [4.69, 9.17) is 0 Å². The first-order valence-electron chi connectivity index (χ1n) is 10.1. The maximum atomic E-state index is 2.36. The van der Waals surface area contributed by atoms with Gasteiger partial charge in [-0.3, -0.25) is 0 Å². The Morgan fingerprint density at radius 3 is 1.93 bits per heavy atom. The van der Waals surface area contributed by atoms with E-state index in [1.54, 1.807) is 0 Å². The van der Waals surface area contributed by atoms with Crippen LogP contribution in [0.1, 0.15) is 26.3 Å². The fourth-order valence-electron chi connectivity index (χ4n) is 3.93. The summed E-state index contributed by atoms with van der Waals surface area (Å²) in [6, 6.07) is 33.3. The normalized spacial score (nSPS) is 12.0. The first kappa shape index (κ1) is 18.1. The Morgan fingerprint density at radius 1 is 0.517 bits per heavy atom. The quantitative estimate of drug-likeness (QED) is 0.282. The zero-order chi connectivity index (χ0) is 20.0. The number of fused-ring (bicyclic) bond motifs is 3. The van der Waals surface area contributed by atoms with Crippen LogP contribution in [0, 0.1) is 0 Å². The Labute approximate surface area is 176 Å². The number of rotatable bonds is 2. The highest BCUT2D eigenvalue weighted by Crippen LogP contribution is 2.38. The highest BCUT2D eigenvalue weighted by atomic mass is 32.1. The summed E-state index contributed by atoms with van der Waals surface area (Å²) in [4.78, 5) is 0. The van der Waals surface area contributed by atoms with Gasteiger partial charge in [-0.25, -0.2) is 0 Å². The van der Waals surface area contributed by atoms with Crippen LogP contribution in [0.5, 0.6) is 0 Å². The van der Waals surface area contributed by atoms with Gasteiger partial charge in [-0.2, -0.15) is 0 Å². The Hall–Kier alpha value is -2.90. The zero-order valence-electron chi connectivity index (χ0n) is 17.1. The molecule has 4 aromatic carbocycles. The van der Waals surface area contributed by atoms with E-state index in [9.17, 15) is 0 Å². The van der Waals surface area contributed by atoms with Crippen molar-refractivity contribution in [3.8, 4) is 22.3 Å². The molecule has 0 radical (unpaired) electrons. The molecule has 0 nitrogen and oxygen atoms in total. The smallest absolute Gasteiger partial charge is 0.0361 e. The van der Waals surface area contributed by atoms with Crippen LogP contribution in [-0.4, -0.2) is 0 Å². The maximum Gasteiger partial charge on any atom is 0.0361 e. The SMILES string of the molecule is CC(C)(C)c1cc(-c2ccccc2)cc(-c2ccc3c(c2)sc2ccccc23)c1. The maximum absolute atomic E-state index is 2.36. The molecule has 5 rings (SSSR count). The van der Waals surface area contributed by atoms with Gasteiger partial charge >= 0.3 is 0 Å². The Balaban J connectivity index is 1.71. The molecule has 0 amide bonds. The lowest BCUT2D eigenvalue weighted by molar-refractivity contribution is 0.590. The summed E-state index contributed by atoms with van der Waals surface area (Å²) in [5, 5.41) is 2.71. The van der Waals surface area contributed by atoms with Crippen LogP contribution in [0.15, 0.2) is 91.0 Å². The van der Waals surface area contributed by atoms with Gasteiger partial charge in [0.15, 0.2) is 0 Å². The van der Waals surface area contributed by atoms with Crippen molar-refractivity contribution in [3.63, 3.8) is 0 Å². The molecule has 29 heavy (non-hydrogen) atoms. The van der Waals surface area contributed by atoms with E-state index < -0.39 is 0 Å². The summed E-state index contributed by atoms with van der Waals surface area (Å²) < 4.78 is 2.71. The molecular weight excluding hydrogens is 368 g/mol. The van der Waals surface area contributed by atoms with Crippen LogP contribution >= 0.6 is 11.3 Å². The highest BCUT2D eigenvalue weighted by molar-refractivity contribution is 7.25. The van der Waals surface area contributed by atoms with Gasteiger partial charge in [0, 0.05) is 20.2 Å². The van der Waals surface area contributed by atoms with Crippen LogP contribution < -0.4 is 0 Å². The van der Waals surface area contributed by atoms with Crippen molar-refractivity contribution in [1.82, 2.24) is 0 Å². The van der Waals surface area contributed by atoms with Crippen molar-refractivity contribution >= 4 is 31.5 Å². The second kappa shape index (κ2) is 6.86. The molecule has 1 heterocycles. The van der Waals surface area contributed by atoms with Gasteiger partial charge in [0.05, 0.1) is 0 Å². The predicted molar refractivity (Wildman–Crippen MR) is 129 cm³/mol. The molecule has 0 unspecified atom stereocenters. The van der Waals surface area contributed by atoms with Crippen LogP contribution in [0.2, 0.25) is 0 Å². The minimum Gasteiger partial charge on any atom is -0.135 e. The van der Waals surface area contributed by atoms with Crippen molar-refractivity contribution in [2.75, 3.05) is 0 Å². The van der Waals surface area contributed by atoms with Gasteiger partial charge in [0.1, 0.15) is 0 Å². The van der Waals surface area contributed by atoms with Crippen LogP contribution in [0.3, 0.4) is 0 Å². The molecule has 1 heteroatoms. The molecule has 0 N–H and O–H groups in total. The number of thiophene rings is 1. The molecule has 142 valence electrons. The van der Waals surface area contributed by atoms with Crippen molar-refractivity contribution < 1.29 is 0 Å². The number of hydrogen-bond acceptors (Lipinski definition) is 1. The minimum atomic E-state index is 0.0985. The lowest BCUT2D eigenvalue weighted by Crippen LogP contribution is -2.11. The van der Waals surface area contributed by atoms with E-state index in [0.29, 0.717) is 0 Å². The molecule has 0 aliphatic rings. The second-order valence-electron chi connectivity index (χ2n) is 8.72. The van der Waals surface area contributed by atoms with Crippen molar-refractivity contribution in [1.29, 1.82) is 0 Å². The van der Waals surface area contributed by atoms with Gasteiger partial charge < -0.3 is 0 Å². The number of hydrogen-bond donors (Lipinski definition) is 0. The third kappa shape index (κ3) is 3.36. The molecule has 0 saturated carbocycles. The highest BCUT2D eigenvalue weighted by Gasteiger charge is 2.17. The molecule has 5 aromatic rings. The standard InChI is InChI=1S/C28H24S/c1-28(2,3)23-16-21(19-9-5-4-6-10-19)15-22(17-23)20-13-14-25-24-11-7-8-12-26(24)29-27(25)18-20/h4-18H,1-3H3. The molecule has 0 fully saturated rings.